The molecule has 1 aliphatic heterocycles. The lowest BCUT2D eigenvalue weighted by molar-refractivity contribution is -0.129. The lowest BCUT2D eigenvalue weighted by Crippen LogP contribution is -2.49. The van der Waals surface area contributed by atoms with E-state index in [0.29, 0.717) is 12.1 Å². The van der Waals surface area contributed by atoms with Crippen molar-refractivity contribution in [3.63, 3.8) is 0 Å². The Morgan fingerprint density at radius 1 is 1.10 bits per heavy atom. The Balaban J connectivity index is 1.89. The van der Waals surface area contributed by atoms with E-state index in [9.17, 15) is 9.59 Å². The summed E-state index contributed by atoms with van der Waals surface area (Å²) in [5, 5.41) is 0. The van der Waals surface area contributed by atoms with Crippen molar-refractivity contribution in [3.05, 3.63) is 29.8 Å². The summed E-state index contributed by atoms with van der Waals surface area (Å²) in [6.45, 7) is 3.93. The first-order valence-electron chi connectivity index (χ1n) is 7.04. The van der Waals surface area contributed by atoms with Gasteiger partial charge < -0.3 is 15.5 Å². The second-order valence-electron chi connectivity index (χ2n) is 5.46. The molecule has 0 bridgehead atoms. The molecule has 0 aliphatic carbocycles. The number of carbonyl (C=O) groups excluding carboxylic acids is 2. The normalized spacial score (nSPS) is 15.8. The minimum atomic E-state index is -0.409. The number of anilines is 1. The van der Waals surface area contributed by atoms with Crippen molar-refractivity contribution in [1.82, 2.24) is 9.80 Å². The molecule has 0 aromatic heterocycles. The molecule has 1 heterocycles. The number of hydrogen-bond acceptors (Lipinski definition) is 4. The van der Waals surface area contributed by atoms with Crippen LogP contribution in [0.15, 0.2) is 24.3 Å². The molecule has 21 heavy (non-hydrogen) atoms. The zero-order chi connectivity index (χ0) is 15.4. The number of primary amides is 1. The maximum atomic E-state index is 11.7. The smallest absolute Gasteiger partial charge is 0.248 e. The summed E-state index contributed by atoms with van der Waals surface area (Å²) in [7, 11) is 3.55. The fraction of sp³-hybridized carbons (Fsp3) is 0.467. The molecule has 1 saturated heterocycles. The quantitative estimate of drug-likeness (QED) is 0.847. The summed E-state index contributed by atoms with van der Waals surface area (Å²) in [6.07, 6.45) is 0. The highest BCUT2D eigenvalue weighted by Crippen LogP contribution is 2.17. The lowest BCUT2D eigenvalue weighted by Gasteiger charge is -2.36. The van der Waals surface area contributed by atoms with Gasteiger partial charge in [-0.25, -0.2) is 0 Å². The van der Waals surface area contributed by atoms with Gasteiger partial charge in [-0.1, -0.05) is 0 Å². The third-order valence-electron chi connectivity index (χ3n) is 3.75. The van der Waals surface area contributed by atoms with E-state index in [0.717, 1.165) is 31.9 Å². The zero-order valence-electron chi connectivity index (χ0n) is 12.6. The maximum absolute atomic E-state index is 11.7. The standard InChI is InChI=1S/C15H22N4O2/c1-17(2)14(20)11-18-7-9-19(10-8-18)13-5-3-12(4-6-13)15(16)21/h3-6H,7-11H2,1-2H3,(H2,16,21). The van der Waals surface area contributed by atoms with Gasteiger partial charge in [-0.2, -0.15) is 0 Å². The van der Waals surface area contributed by atoms with Gasteiger partial charge in [0.2, 0.25) is 11.8 Å². The largest absolute Gasteiger partial charge is 0.369 e. The van der Waals surface area contributed by atoms with E-state index in [2.05, 4.69) is 9.80 Å². The lowest BCUT2D eigenvalue weighted by atomic mass is 10.1. The van der Waals surface area contributed by atoms with E-state index >= 15 is 0 Å². The fourth-order valence-corrected chi connectivity index (χ4v) is 2.33. The van der Waals surface area contributed by atoms with Crippen LogP contribution in [0.3, 0.4) is 0 Å². The summed E-state index contributed by atoms with van der Waals surface area (Å²) >= 11 is 0. The Hall–Kier alpha value is -2.08. The molecule has 0 atom stereocenters. The minimum absolute atomic E-state index is 0.134. The average molecular weight is 290 g/mol. The monoisotopic (exact) mass is 290 g/mol. The Kier molecular flexibility index (Phi) is 4.80. The van der Waals surface area contributed by atoms with E-state index < -0.39 is 5.91 Å². The third kappa shape index (κ3) is 3.95. The highest BCUT2D eigenvalue weighted by Gasteiger charge is 2.19. The first-order chi connectivity index (χ1) is 9.97. The number of nitrogens with two attached hydrogens (primary N) is 1. The highest BCUT2D eigenvalue weighted by molar-refractivity contribution is 5.93. The first-order valence-corrected chi connectivity index (χ1v) is 7.04. The summed E-state index contributed by atoms with van der Waals surface area (Å²) in [6, 6.07) is 7.33. The summed E-state index contributed by atoms with van der Waals surface area (Å²) < 4.78 is 0. The summed E-state index contributed by atoms with van der Waals surface area (Å²) in [5.74, 6) is -0.275. The van der Waals surface area contributed by atoms with Crippen molar-refractivity contribution >= 4 is 17.5 Å². The van der Waals surface area contributed by atoms with Gasteiger partial charge in [-0.05, 0) is 24.3 Å². The summed E-state index contributed by atoms with van der Waals surface area (Å²) in [5.41, 5.74) is 6.84. The number of hydrogen-bond donors (Lipinski definition) is 1. The maximum Gasteiger partial charge on any atom is 0.248 e. The number of benzene rings is 1. The molecule has 0 radical (unpaired) electrons. The van der Waals surface area contributed by atoms with Crippen LogP contribution in [-0.4, -0.2) is 68.4 Å². The zero-order valence-corrected chi connectivity index (χ0v) is 12.6. The second-order valence-corrected chi connectivity index (χ2v) is 5.46. The molecule has 2 N–H and O–H groups in total. The van der Waals surface area contributed by atoms with Crippen molar-refractivity contribution in [2.45, 2.75) is 0 Å². The molecule has 2 amide bonds. The summed E-state index contributed by atoms with van der Waals surface area (Å²) in [4.78, 5) is 28.8. The van der Waals surface area contributed by atoms with Crippen LogP contribution in [0, 0.1) is 0 Å². The number of piperazine rings is 1. The van der Waals surface area contributed by atoms with Gasteiger partial charge in [0.15, 0.2) is 0 Å². The van der Waals surface area contributed by atoms with Gasteiger partial charge >= 0.3 is 0 Å². The number of carbonyl (C=O) groups is 2. The number of nitrogens with zero attached hydrogens (tertiary/aromatic N) is 3. The molecule has 0 saturated carbocycles. The Morgan fingerprint density at radius 3 is 2.14 bits per heavy atom. The molecule has 2 rings (SSSR count). The van der Waals surface area contributed by atoms with Crippen LogP contribution in [0.4, 0.5) is 5.69 Å². The topological polar surface area (TPSA) is 69.9 Å². The van der Waals surface area contributed by atoms with E-state index in [4.69, 9.17) is 5.73 Å². The van der Waals surface area contributed by atoms with Crippen LogP contribution >= 0.6 is 0 Å². The van der Waals surface area contributed by atoms with Gasteiger partial charge in [-0.15, -0.1) is 0 Å². The van der Waals surface area contributed by atoms with Gasteiger partial charge in [0.25, 0.3) is 0 Å². The number of amides is 2. The van der Waals surface area contributed by atoms with Crippen molar-refractivity contribution < 1.29 is 9.59 Å². The van der Waals surface area contributed by atoms with Gasteiger partial charge in [0, 0.05) is 51.5 Å². The molecule has 6 nitrogen and oxygen atoms in total. The van der Waals surface area contributed by atoms with Gasteiger partial charge in [-0.3, -0.25) is 14.5 Å². The molecule has 0 unspecified atom stereocenters. The number of rotatable bonds is 4. The Morgan fingerprint density at radius 2 is 1.67 bits per heavy atom. The molecule has 114 valence electrons. The predicted octanol–water partition coefficient (Wildman–Crippen LogP) is -0.00430. The van der Waals surface area contributed by atoms with Crippen LogP contribution in [-0.2, 0) is 4.79 Å². The molecule has 1 fully saturated rings. The second kappa shape index (κ2) is 6.58. The number of likely N-dealkylation sites (N-methyl/N-ethyl adjacent to an activating group) is 1. The van der Waals surface area contributed by atoms with Gasteiger partial charge in [0.1, 0.15) is 0 Å². The van der Waals surface area contributed by atoms with Crippen LogP contribution in [0.5, 0.6) is 0 Å². The highest BCUT2D eigenvalue weighted by atomic mass is 16.2. The molecular formula is C15H22N4O2. The van der Waals surface area contributed by atoms with E-state index in [1.165, 1.54) is 0 Å². The van der Waals surface area contributed by atoms with Crippen molar-refractivity contribution in [2.24, 2.45) is 5.73 Å². The third-order valence-corrected chi connectivity index (χ3v) is 3.75. The van der Waals surface area contributed by atoms with E-state index in [1.807, 2.05) is 12.1 Å². The Bertz CT molecular complexity index is 505. The fourth-order valence-electron chi connectivity index (χ4n) is 2.33. The molecule has 6 heteroatoms. The SMILES string of the molecule is CN(C)C(=O)CN1CCN(c2ccc(C(N)=O)cc2)CC1. The van der Waals surface area contributed by atoms with E-state index in [-0.39, 0.29) is 5.91 Å². The van der Waals surface area contributed by atoms with Crippen LogP contribution in [0.2, 0.25) is 0 Å². The van der Waals surface area contributed by atoms with Crippen LogP contribution < -0.4 is 10.6 Å². The molecular weight excluding hydrogens is 268 g/mol. The van der Waals surface area contributed by atoms with Gasteiger partial charge in [0.05, 0.1) is 6.54 Å². The molecule has 1 aliphatic rings. The Labute approximate surface area is 125 Å². The minimum Gasteiger partial charge on any atom is -0.369 e. The van der Waals surface area contributed by atoms with Crippen molar-refractivity contribution in [2.75, 3.05) is 51.7 Å². The predicted molar refractivity (Wildman–Crippen MR) is 82.3 cm³/mol. The average Bonchev–Trinajstić information content (AvgIpc) is 2.48. The molecule has 0 spiro atoms. The molecule has 1 aromatic rings. The van der Waals surface area contributed by atoms with Crippen molar-refractivity contribution in [1.29, 1.82) is 0 Å². The van der Waals surface area contributed by atoms with Crippen LogP contribution in [0.25, 0.3) is 0 Å². The van der Waals surface area contributed by atoms with Crippen molar-refractivity contribution in [3.8, 4) is 0 Å². The van der Waals surface area contributed by atoms with E-state index in [1.54, 1.807) is 31.1 Å². The molecule has 1 aromatic carbocycles. The van der Waals surface area contributed by atoms with Crippen LogP contribution in [0.1, 0.15) is 10.4 Å². The first kappa shape index (κ1) is 15.3.